The van der Waals surface area contributed by atoms with Crippen LogP contribution in [-0.2, 0) is 24.3 Å². The maximum atomic E-state index is 12.9. The summed E-state index contributed by atoms with van der Waals surface area (Å²) in [5, 5.41) is 11.0. The number of alkyl halides is 3. The molecular formula is C15H24F3N5O. The molecule has 0 radical (unpaired) electrons. The lowest BCUT2D eigenvalue weighted by molar-refractivity contribution is -0.182. The van der Waals surface area contributed by atoms with E-state index in [1.54, 1.807) is 11.8 Å². The van der Waals surface area contributed by atoms with Gasteiger partial charge in [-0.3, -0.25) is 10.1 Å². The van der Waals surface area contributed by atoms with Crippen molar-refractivity contribution in [2.75, 3.05) is 13.1 Å². The van der Waals surface area contributed by atoms with Crippen molar-refractivity contribution in [1.29, 1.82) is 0 Å². The van der Waals surface area contributed by atoms with Gasteiger partial charge in [0.15, 0.2) is 0 Å². The van der Waals surface area contributed by atoms with Crippen molar-refractivity contribution in [2.24, 2.45) is 5.92 Å². The smallest absolute Gasteiger partial charge is 0.342 e. The second-order valence-electron chi connectivity index (χ2n) is 6.03. The Balaban J connectivity index is 2.00. The van der Waals surface area contributed by atoms with Crippen molar-refractivity contribution in [3.8, 4) is 0 Å². The largest absolute Gasteiger partial charge is 0.393 e. The monoisotopic (exact) mass is 347 g/mol. The van der Waals surface area contributed by atoms with Crippen LogP contribution < -0.4 is 5.32 Å². The van der Waals surface area contributed by atoms with E-state index in [9.17, 15) is 18.0 Å². The number of aryl methyl sites for hydroxylation is 1. The third-order valence-corrected chi connectivity index (χ3v) is 4.50. The lowest BCUT2D eigenvalue weighted by Gasteiger charge is -2.27. The number of carbonyl (C=O) groups excluding carboxylic acids is 1. The van der Waals surface area contributed by atoms with Gasteiger partial charge in [-0.05, 0) is 27.2 Å². The molecule has 24 heavy (non-hydrogen) atoms. The highest BCUT2D eigenvalue weighted by Crippen LogP contribution is 2.34. The topological polar surface area (TPSA) is 63.1 Å². The van der Waals surface area contributed by atoms with E-state index in [2.05, 4.69) is 15.5 Å². The maximum Gasteiger partial charge on any atom is 0.393 e. The first kappa shape index (κ1) is 18.7. The first-order chi connectivity index (χ1) is 11.3. The Kier molecular flexibility index (Phi) is 5.84. The van der Waals surface area contributed by atoms with Crippen molar-refractivity contribution in [1.82, 2.24) is 25.0 Å². The second-order valence-corrected chi connectivity index (χ2v) is 6.03. The van der Waals surface area contributed by atoms with Crippen molar-refractivity contribution < 1.29 is 18.0 Å². The van der Waals surface area contributed by atoms with Gasteiger partial charge in [0.2, 0.25) is 5.91 Å². The van der Waals surface area contributed by atoms with Crippen LogP contribution in [-0.4, -0.2) is 50.9 Å². The summed E-state index contributed by atoms with van der Waals surface area (Å²) in [6.45, 7) is 6.85. The number of hydrogen-bond acceptors (Lipinski definition) is 4. The SMILES string of the molecule is CCN(CC)C(=O)[C@H](C)NCc1nnc2n1C[C@@H](C(F)(F)F)CC2. The van der Waals surface area contributed by atoms with E-state index in [1.807, 2.05) is 13.8 Å². The van der Waals surface area contributed by atoms with Gasteiger partial charge in [0.25, 0.3) is 0 Å². The summed E-state index contributed by atoms with van der Waals surface area (Å²) < 4.78 is 40.4. The normalized spacial score (nSPS) is 19.0. The molecule has 1 amide bonds. The molecule has 0 unspecified atom stereocenters. The van der Waals surface area contributed by atoms with Crippen LogP contribution in [0, 0.1) is 5.92 Å². The molecule has 0 fully saturated rings. The third-order valence-electron chi connectivity index (χ3n) is 4.50. The number of likely N-dealkylation sites (N-methyl/N-ethyl adjacent to an activating group) is 1. The number of nitrogens with zero attached hydrogens (tertiary/aromatic N) is 4. The minimum Gasteiger partial charge on any atom is -0.342 e. The lowest BCUT2D eigenvalue weighted by Crippen LogP contribution is -2.44. The van der Waals surface area contributed by atoms with Crippen molar-refractivity contribution >= 4 is 5.91 Å². The number of halogens is 3. The predicted octanol–water partition coefficient (Wildman–Crippen LogP) is 1.75. The van der Waals surface area contributed by atoms with Crippen LogP contribution in [0.5, 0.6) is 0 Å². The summed E-state index contributed by atoms with van der Waals surface area (Å²) >= 11 is 0. The standard InChI is InChI=1S/C15H24F3N5O/c1-4-22(5-2)14(24)10(3)19-8-13-21-20-12-7-6-11(9-23(12)13)15(16,17)18/h10-11,19H,4-9H2,1-3H3/t10-,11-/m0/s1. The molecule has 0 saturated heterocycles. The van der Waals surface area contributed by atoms with Crippen LogP contribution in [0.15, 0.2) is 0 Å². The highest BCUT2D eigenvalue weighted by Gasteiger charge is 2.42. The second kappa shape index (κ2) is 7.50. The highest BCUT2D eigenvalue weighted by molar-refractivity contribution is 5.81. The van der Waals surface area contributed by atoms with E-state index in [4.69, 9.17) is 0 Å². The number of fused-ring (bicyclic) bond motifs is 1. The zero-order valence-corrected chi connectivity index (χ0v) is 14.2. The van der Waals surface area contributed by atoms with E-state index < -0.39 is 18.1 Å². The zero-order chi connectivity index (χ0) is 17.9. The van der Waals surface area contributed by atoms with Gasteiger partial charge in [-0.2, -0.15) is 13.2 Å². The van der Waals surface area contributed by atoms with Gasteiger partial charge < -0.3 is 9.47 Å². The fraction of sp³-hybridized carbons (Fsp3) is 0.800. The average molecular weight is 347 g/mol. The van der Waals surface area contributed by atoms with Crippen molar-refractivity contribution in [3.05, 3.63) is 11.6 Å². The Morgan fingerprint density at radius 2 is 2.04 bits per heavy atom. The van der Waals surface area contributed by atoms with E-state index >= 15 is 0 Å². The third kappa shape index (κ3) is 4.06. The van der Waals surface area contributed by atoms with Gasteiger partial charge in [0, 0.05) is 26.1 Å². The number of amides is 1. The predicted molar refractivity (Wildman–Crippen MR) is 82.1 cm³/mol. The summed E-state index contributed by atoms with van der Waals surface area (Å²) in [6.07, 6.45) is -3.89. The van der Waals surface area contributed by atoms with Gasteiger partial charge in [0.05, 0.1) is 18.5 Å². The van der Waals surface area contributed by atoms with Crippen LogP contribution in [0.25, 0.3) is 0 Å². The molecule has 0 aromatic carbocycles. The van der Waals surface area contributed by atoms with Crippen LogP contribution in [0.1, 0.15) is 38.8 Å². The minimum atomic E-state index is -4.21. The number of aromatic nitrogens is 3. The zero-order valence-electron chi connectivity index (χ0n) is 14.2. The number of nitrogens with one attached hydrogen (secondary N) is 1. The molecule has 136 valence electrons. The molecular weight excluding hydrogens is 323 g/mol. The van der Waals surface area contributed by atoms with E-state index in [-0.39, 0.29) is 31.8 Å². The molecule has 2 rings (SSSR count). The Bertz CT molecular complexity index is 568. The molecule has 1 aromatic rings. The van der Waals surface area contributed by atoms with Crippen molar-refractivity contribution in [2.45, 2.75) is 58.9 Å². The first-order valence-corrected chi connectivity index (χ1v) is 8.27. The molecule has 0 bridgehead atoms. The van der Waals surface area contributed by atoms with Gasteiger partial charge in [-0.1, -0.05) is 0 Å². The van der Waals surface area contributed by atoms with E-state index in [0.717, 1.165) is 0 Å². The molecule has 2 atom stereocenters. The fourth-order valence-corrected chi connectivity index (χ4v) is 2.92. The molecule has 0 spiro atoms. The molecule has 0 aliphatic carbocycles. The fourth-order valence-electron chi connectivity index (χ4n) is 2.92. The summed E-state index contributed by atoms with van der Waals surface area (Å²) in [6, 6.07) is -0.431. The number of carbonyl (C=O) groups is 1. The Hall–Kier alpha value is -1.64. The lowest BCUT2D eigenvalue weighted by atomic mass is 9.99. The quantitative estimate of drug-likeness (QED) is 0.852. The molecule has 1 aliphatic rings. The van der Waals surface area contributed by atoms with Crippen LogP contribution in [0.2, 0.25) is 0 Å². The summed E-state index contributed by atoms with van der Waals surface area (Å²) in [5.41, 5.74) is 0. The molecule has 1 aliphatic heterocycles. The first-order valence-electron chi connectivity index (χ1n) is 8.27. The summed E-state index contributed by atoms with van der Waals surface area (Å²) in [4.78, 5) is 13.9. The van der Waals surface area contributed by atoms with Crippen LogP contribution in [0.3, 0.4) is 0 Å². The molecule has 9 heteroatoms. The van der Waals surface area contributed by atoms with Gasteiger partial charge in [-0.15, -0.1) is 10.2 Å². The van der Waals surface area contributed by atoms with Crippen LogP contribution >= 0.6 is 0 Å². The summed E-state index contributed by atoms with van der Waals surface area (Å²) in [5.74, 6) is -0.380. The van der Waals surface area contributed by atoms with Gasteiger partial charge in [0.1, 0.15) is 11.6 Å². The Morgan fingerprint density at radius 3 is 2.62 bits per heavy atom. The average Bonchev–Trinajstić information content (AvgIpc) is 2.95. The maximum absolute atomic E-state index is 12.9. The van der Waals surface area contributed by atoms with E-state index in [0.29, 0.717) is 24.7 Å². The number of hydrogen-bond donors (Lipinski definition) is 1. The Morgan fingerprint density at radius 1 is 1.38 bits per heavy atom. The van der Waals surface area contributed by atoms with Crippen LogP contribution in [0.4, 0.5) is 13.2 Å². The molecule has 6 nitrogen and oxygen atoms in total. The van der Waals surface area contributed by atoms with Gasteiger partial charge in [-0.25, -0.2) is 0 Å². The molecule has 0 saturated carbocycles. The summed E-state index contributed by atoms with van der Waals surface area (Å²) in [7, 11) is 0. The highest BCUT2D eigenvalue weighted by atomic mass is 19.4. The molecule has 1 N–H and O–H groups in total. The molecule has 2 heterocycles. The minimum absolute atomic E-state index is 0.0356. The van der Waals surface area contributed by atoms with E-state index in [1.165, 1.54) is 4.57 Å². The van der Waals surface area contributed by atoms with Crippen molar-refractivity contribution in [3.63, 3.8) is 0 Å². The number of rotatable bonds is 6. The van der Waals surface area contributed by atoms with Gasteiger partial charge >= 0.3 is 6.18 Å². The Labute approximate surface area is 139 Å². The molecule has 1 aromatic heterocycles.